The zero-order chi connectivity index (χ0) is 24.0. The Morgan fingerprint density at radius 1 is 1.00 bits per heavy atom. The molecule has 0 saturated carbocycles. The maximum Gasteiger partial charge on any atom is 0.295 e. The van der Waals surface area contributed by atoms with Crippen LogP contribution in [0.2, 0.25) is 0 Å². The zero-order valence-electron chi connectivity index (χ0n) is 18.9. The van der Waals surface area contributed by atoms with E-state index in [9.17, 15) is 14.0 Å². The normalized spacial score (nSPS) is 15.0. The average Bonchev–Trinajstić information content (AvgIpc) is 3.13. The number of ether oxygens (including phenoxy) is 2. The van der Waals surface area contributed by atoms with Gasteiger partial charge in [0, 0.05) is 5.69 Å². The summed E-state index contributed by atoms with van der Waals surface area (Å²) >= 11 is 0. The molecule has 0 spiro atoms. The Morgan fingerprint density at radius 3 is 2.47 bits per heavy atom. The van der Waals surface area contributed by atoms with Crippen LogP contribution in [-0.4, -0.2) is 19.6 Å². The zero-order valence-corrected chi connectivity index (χ0v) is 18.9. The molecule has 6 nitrogen and oxygen atoms in total. The fourth-order valence-corrected chi connectivity index (χ4v) is 4.36. The predicted molar refractivity (Wildman–Crippen MR) is 126 cm³/mol. The average molecular weight is 459 g/mol. The highest BCUT2D eigenvalue weighted by Crippen LogP contribution is 2.43. The second-order valence-electron chi connectivity index (χ2n) is 8.07. The van der Waals surface area contributed by atoms with Gasteiger partial charge in [-0.25, -0.2) is 4.39 Å². The molecule has 2 heterocycles. The van der Waals surface area contributed by atoms with Crippen molar-refractivity contribution >= 4 is 22.6 Å². The highest BCUT2D eigenvalue weighted by molar-refractivity contribution is 6.10. The van der Waals surface area contributed by atoms with E-state index in [1.54, 1.807) is 18.2 Å². The summed E-state index contributed by atoms with van der Waals surface area (Å²) in [6, 6.07) is 15.6. The van der Waals surface area contributed by atoms with Gasteiger partial charge in [0.15, 0.2) is 16.9 Å². The number of carbonyl (C=O) groups is 1. The summed E-state index contributed by atoms with van der Waals surface area (Å²) < 4.78 is 31.0. The van der Waals surface area contributed by atoms with Crippen molar-refractivity contribution in [2.24, 2.45) is 0 Å². The Bertz CT molecular complexity index is 1480. The number of anilines is 1. The summed E-state index contributed by atoms with van der Waals surface area (Å²) in [5.41, 5.74) is 2.15. The minimum atomic E-state index is -0.793. The molecule has 0 aliphatic carbocycles. The van der Waals surface area contributed by atoms with Crippen LogP contribution in [0.15, 0.2) is 69.9 Å². The van der Waals surface area contributed by atoms with Gasteiger partial charge in [-0.05, 0) is 61.9 Å². The lowest BCUT2D eigenvalue weighted by Crippen LogP contribution is -2.29. The third-order valence-electron chi connectivity index (χ3n) is 5.95. The van der Waals surface area contributed by atoms with E-state index in [1.165, 1.54) is 24.1 Å². The van der Waals surface area contributed by atoms with Crippen LogP contribution in [0.4, 0.5) is 10.1 Å². The third kappa shape index (κ3) is 3.41. The number of benzene rings is 3. The van der Waals surface area contributed by atoms with Crippen LogP contribution in [0, 0.1) is 12.7 Å². The lowest BCUT2D eigenvalue weighted by Gasteiger charge is -2.26. The molecule has 1 aromatic heterocycles. The minimum Gasteiger partial charge on any atom is -0.493 e. The maximum atomic E-state index is 14.0. The highest BCUT2D eigenvalue weighted by atomic mass is 19.1. The number of nitrogens with zero attached hydrogens (tertiary/aromatic N) is 1. The summed E-state index contributed by atoms with van der Waals surface area (Å²) in [4.78, 5) is 28.7. The van der Waals surface area contributed by atoms with E-state index in [0.717, 1.165) is 11.6 Å². The van der Waals surface area contributed by atoms with E-state index >= 15 is 0 Å². The Balaban J connectivity index is 1.78. The fraction of sp³-hybridized carbons (Fsp3) is 0.185. The number of fused-ring (bicyclic) bond motifs is 2. The molecule has 5 rings (SSSR count). The number of amides is 1. The van der Waals surface area contributed by atoms with Crippen LogP contribution in [0.3, 0.4) is 0 Å². The van der Waals surface area contributed by atoms with Gasteiger partial charge in [0.05, 0.1) is 30.7 Å². The Hall–Kier alpha value is -4.13. The van der Waals surface area contributed by atoms with Gasteiger partial charge >= 0.3 is 0 Å². The molecular weight excluding hydrogens is 437 g/mol. The van der Waals surface area contributed by atoms with Crippen molar-refractivity contribution in [2.75, 3.05) is 18.6 Å². The monoisotopic (exact) mass is 459 g/mol. The van der Waals surface area contributed by atoms with Gasteiger partial charge in [-0.3, -0.25) is 14.5 Å². The van der Waals surface area contributed by atoms with Gasteiger partial charge in [0.1, 0.15) is 11.4 Å². The molecule has 4 aromatic rings. The minimum absolute atomic E-state index is 0.0532. The molecule has 0 radical (unpaired) electrons. The highest BCUT2D eigenvalue weighted by Gasteiger charge is 2.44. The molecule has 7 heteroatoms. The largest absolute Gasteiger partial charge is 0.493 e. The van der Waals surface area contributed by atoms with Crippen molar-refractivity contribution in [3.05, 3.63) is 99.2 Å². The number of hydrogen-bond acceptors (Lipinski definition) is 5. The predicted octanol–water partition coefficient (Wildman–Crippen LogP) is 5.40. The number of methoxy groups -OCH3 is 1. The van der Waals surface area contributed by atoms with E-state index in [4.69, 9.17) is 13.9 Å². The standard InChI is InChI=1S/C27H22FNO5/c1-4-33-21-11-7-16(13-22(21)32-3)24-23-25(30)19-14-17(28)8-12-20(19)34-26(23)27(31)29(24)18-9-5-15(2)6-10-18/h5-14,24H,4H2,1-3H3. The third-order valence-corrected chi connectivity index (χ3v) is 5.95. The van der Waals surface area contributed by atoms with Gasteiger partial charge in [-0.2, -0.15) is 0 Å². The smallest absolute Gasteiger partial charge is 0.295 e. The molecule has 34 heavy (non-hydrogen) atoms. The molecular formula is C27H22FNO5. The summed E-state index contributed by atoms with van der Waals surface area (Å²) in [5.74, 6) is -0.0329. The van der Waals surface area contributed by atoms with Crippen molar-refractivity contribution in [3.63, 3.8) is 0 Å². The Labute approximate surface area is 195 Å². The maximum absolute atomic E-state index is 14.0. The molecule has 0 saturated heterocycles. The number of carbonyl (C=O) groups excluding carboxylic acids is 1. The van der Waals surface area contributed by atoms with Crippen LogP contribution in [0.5, 0.6) is 11.5 Å². The number of aryl methyl sites for hydroxylation is 1. The molecule has 1 aliphatic heterocycles. The molecule has 0 bridgehead atoms. The van der Waals surface area contributed by atoms with Gasteiger partial charge in [0.25, 0.3) is 5.91 Å². The second kappa shape index (κ2) is 8.33. The van der Waals surface area contributed by atoms with E-state index in [2.05, 4.69) is 0 Å². The topological polar surface area (TPSA) is 69.0 Å². The summed E-state index contributed by atoms with van der Waals surface area (Å²) in [7, 11) is 1.53. The van der Waals surface area contributed by atoms with Gasteiger partial charge in [-0.1, -0.05) is 23.8 Å². The van der Waals surface area contributed by atoms with Crippen molar-refractivity contribution in [1.29, 1.82) is 0 Å². The first-order chi connectivity index (χ1) is 16.4. The van der Waals surface area contributed by atoms with Crippen molar-refractivity contribution in [1.82, 2.24) is 0 Å². The molecule has 1 amide bonds. The summed E-state index contributed by atoms with van der Waals surface area (Å²) in [6.45, 7) is 4.27. The summed E-state index contributed by atoms with van der Waals surface area (Å²) in [6.07, 6.45) is 0. The molecule has 1 unspecified atom stereocenters. The van der Waals surface area contributed by atoms with Crippen LogP contribution >= 0.6 is 0 Å². The van der Waals surface area contributed by atoms with Crippen LogP contribution in [-0.2, 0) is 0 Å². The van der Waals surface area contributed by atoms with E-state index in [0.29, 0.717) is 29.4 Å². The van der Waals surface area contributed by atoms with Crippen LogP contribution in [0.1, 0.15) is 40.2 Å². The number of halogens is 1. The molecule has 0 fully saturated rings. The fourth-order valence-electron chi connectivity index (χ4n) is 4.36. The van der Waals surface area contributed by atoms with Crippen LogP contribution < -0.4 is 19.8 Å². The van der Waals surface area contributed by atoms with Gasteiger partial charge in [0.2, 0.25) is 5.76 Å². The quantitative estimate of drug-likeness (QED) is 0.400. The van der Waals surface area contributed by atoms with E-state index in [1.807, 2.05) is 38.1 Å². The van der Waals surface area contributed by atoms with E-state index < -0.39 is 23.2 Å². The van der Waals surface area contributed by atoms with E-state index in [-0.39, 0.29) is 22.3 Å². The Kier molecular flexibility index (Phi) is 5.32. The first kappa shape index (κ1) is 21.7. The van der Waals surface area contributed by atoms with Crippen molar-refractivity contribution < 1.29 is 23.1 Å². The van der Waals surface area contributed by atoms with Crippen molar-refractivity contribution in [3.8, 4) is 11.5 Å². The first-order valence-corrected chi connectivity index (χ1v) is 10.9. The number of hydrogen-bond donors (Lipinski definition) is 0. The van der Waals surface area contributed by atoms with Crippen molar-refractivity contribution in [2.45, 2.75) is 19.9 Å². The second-order valence-corrected chi connectivity index (χ2v) is 8.07. The summed E-state index contributed by atoms with van der Waals surface area (Å²) in [5, 5.41) is 0.0835. The molecule has 0 N–H and O–H groups in total. The Morgan fingerprint density at radius 2 is 1.76 bits per heavy atom. The lowest BCUT2D eigenvalue weighted by molar-refractivity contribution is 0.0971. The molecule has 3 aromatic carbocycles. The van der Waals surface area contributed by atoms with Gasteiger partial charge < -0.3 is 13.9 Å². The van der Waals surface area contributed by atoms with Gasteiger partial charge in [-0.15, -0.1) is 0 Å². The van der Waals surface area contributed by atoms with Crippen LogP contribution in [0.25, 0.3) is 11.0 Å². The molecule has 1 aliphatic rings. The SMILES string of the molecule is CCOc1ccc(C2c3c(oc4ccc(F)cc4c3=O)C(=O)N2c2ccc(C)cc2)cc1OC. The number of rotatable bonds is 5. The molecule has 172 valence electrons. The molecule has 1 atom stereocenters. The first-order valence-electron chi connectivity index (χ1n) is 10.9. The lowest BCUT2D eigenvalue weighted by atomic mass is 9.97.